The second-order valence-electron chi connectivity index (χ2n) is 9.45. The van der Waals surface area contributed by atoms with Gasteiger partial charge in [-0.15, -0.1) is 0 Å². The number of fused-ring (bicyclic) bond motifs is 2. The molecule has 0 radical (unpaired) electrons. The number of hydrogen-bond acceptors (Lipinski definition) is 2. The molecular formula is C26H30N2O2. The van der Waals surface area contributed by atoms with Crippen LogP contribution < -0.4 is 0 Å². The van der Waals surface area contributed by atoms with Gasteiger partial charge < -0.3 is 9.80 Å². The van der Waals surface area contributed by atoms with E-state index in [9.17, 15) is 9.59 Å². The Hall–Kier alpha value is -2.62. The highest BCUT2D eigenvalue weighted by atomic mass is 16.2. The van der Waals surface area contributed by atoms with Crippen molar-refractivity contribution in [1.29, 1.82) is 0 Å². The minimum Gasteiger partial charge on any atom is -0.332 e. The molecule has 0 bridgehead atoms. The molecule has 5 rings (SSSR count). The van der Waals surface area contributed by atoms with Crippen LogP contribution in [0.2, 0.25) is 0 Å². The van der Waals surface area contributed by atoms with E-state index in [0.717, 1.165) is 12.8 Å². The quantitative estimate of drug-likeness (QED) is 0.728. The van der Waals surface area contributed by atoms with Crippen LogP contribution in [0.25, 0.3) is 0 Å². The summed E-state index contributed by atoms with van der Waals surface area (Å²) in [6.45, 7) is 4.44. The lowest BCUT2D eigenvalue weighted by Gasteiger charge is -2.39. The van der Waals surface area contributed by atoms with E-state index in [1.165, 1.54) is 11.1 Å². The maximum absolute atomic E-state index is 13.6. The summed E-state index contributed by atoms with van der Waals surface area (Å²) in [5.74, 6) is 1.13. The van der Waals surface area contributed by atoms with Crippen molar-refractivity contribution in [2.24, 2.45) is 11.8 Å². The average Bonchev–Trinajstić information content (AvgIpc) is 3.24. The number of carbonyl (C=O) groups excluding carboxylic acids is 2. The summed E-state index contributed by atoms with van der Waals surface area (Å²) in [7, 11) is 0. The minimum atomic E-state index is -0.00140. The first-order valence-corrected chi connectivity index (χ1v) is 11.3. The van der Waals surface area contributed by atoms with Crippen molar-refractivity contribution in [1.82, 2.24) is 9.80 Å². The van der Waals surface area contributed by atoms with E-state index < -0.39 is 0 Å². The second kappa shape index (κ2) is 7.57. The topological polar surface area (TPSA) is 40.6 Å². The van der Waals surface area contributed by atoms with Gasteiger partial charge in [0, 0.05) is 24.9 Å². The first-order chi connectivity index (χ1) is 14.5. The minimum absolute atomic E-state index is 0.00140. The second-order valence-corrected chi connectivity index (χ2v) is 9.45. The number of hydrogen-bond donors (Lipinski definition) is 0. The van der Waals surface area contributed by atoms with Gasteiger partial charge in [0.05, 0.1) is 12.1 Å². The van der Waals surface area contributed by atoms with Crippen LogP contribution in [0.3, 0.4) is 0 Å². The van der Waals surface area contributed by atoms with Crippen molar-refractivity contribution >= 4 is 11.8 Å². The molecule has 2 aromatic carbocycles. The van der Waals surface area contributed by atoms with Crippen LogP contribution in [-0.4, -0.2) is 33.7 Å². The summed E-state index contributed by atoms with van der Waals surface area (Å²) in [6, 6.07) is 20.8. The van der Waals surface area contributed by atoms with Crippen LogP contribution in [0, 0.1) is 11.8 Å². The van der Waals surface area contributed by atoms with Gasteiger partial charge in [0.1, 0.15) is 0 Å². The Morgan fingerprint density at radius 3 is 1.37 bits per heavy atom. The summed E-state index contributed by atoms with van der Waals surface area (Å²) < 4.78 is 0. The van der Waals surface area contributed by atoms with E-state index in [4.69, 9.17) is 0 Å². The highest BCUT2D eigenvalue weighted by Crippen LogP contribution is 2.48. The highest BCUT2D eigenvalue weighted by Gasteiger charge is 2.50. The molecule has 0 aromatic heterocycles. The normalized spacial score (nSPS) is 33.8. The Labute approximate surface area is 178 Å². The molecule has 4 nitrogen and oxygen atoms in total. The van der Waals surface area contributed by atoms with Crippen molar-refractivity contribution in [2.45, 2.75) is 63.7 Å². The van der Waals surface area contributed by atoms with E-state index in [0.29, 0.717) is 24.7 Å². The van der Waals surface area contributed by atoms with Gasteiger partial charge in [-0.2, -0.15) is 0 Å². The molecule has 3 aliphatic rings. The maximum Gasteiger partial charge on any atom is 0.225 e. The number of rotatable bonds is 2. The van der Waals surface area contributed by atoms with Gasteiger partial charge >= 0.3 is 0 Å². The summed E-state index contributed by atoms with van der Waals surface area (Å²) in [6.07, 6.45) is 2.65. The molecule has 0 aliphatic carbocycles. The fourth-order valence-corrected chi connectivity index (χ4v) is 6.32. The van der Waals surface area contributed by atoms with E-state index in [1.54, 1.807) is 0 Å². The molecule has 4 heteroatoms. The third kappa shape index (κ3) is 3.13. The fourth-order valence-electron chi connectivity index (χ4n) is 6.32. The van der Waals surface area contributed by atoms with Crippen LogP contribution in [-0.2, 0) is 9.59 Å². The molecule has 0 spiro atoms. The van der Waals surface area contributed by atoms with Crippen LogP contribution in [0.5, 0.6) is 0 Å². The van der Waals surface area contributed by atoms with Gasteiger partial charge in [-0.1, -0.05) is 74.5 Å². The average molecular weight is 403 g/mol. The van der Waals surface area contributed by atoms with E-state index in [1.807, 2.05) is 36.4 Å². The molecule has 6 atom stereocenters. The van der Waals surface area contributed by atoms with Crippen molar-refractivity contribution in [3.63, 3.8) is 0 Å². The van der Waals surface area contributed by atoms with Gasteiger partial charge in [0.2, 0.25) is 11.8 Å². The van der Waals surface area contributed by atoms with Crippen LogP contribution in [0.1, 0.15) is 62.7 Å². The lowest BCUT2D eigenvalue weighted by molar-refractivity contribution is -0.145. The zero-order chi connectivity index (χ0) is 20.8. The molecule has 156 valence electrons. The fraction of sp³-hybridized carbons (Fsp3) is 0.462. The van der Waals surface area contributed by atoms with Crippen LogP contribution in [0.15, 0.2) is 60.7 Å². The summed E-state index contributed by atoms with van der Waals surface area (Å²) in [5, 5.41) is 0. The Bertz CT molecular complexity index is 851. The summed E-state index contributed by atoms with van der Waals surface area (Å²) in [4.78, 5) is 31.3. The molecule has 0 saturated carbocycles. The van der Waals surface area contributed by atoms with Gasteiger partial charge in [0.15, 0.2) is 0 Å². The number of benzene rings is 2. The Kier molecular flexibility index (Phi) is 4.88. The zero-order valence-electron chi connectivity index (χ0n) is 17.8. The van der Waals surface area contributed by atoms with Gasteiger partial charge in [-0.05, 0) is 35.8 Å². The first-order valence-electron chi connectivity index (χ1n) is 11.3. The SMILES string of the molecule is C[C@@H]1C[C@H]2CC(=O)N3[C@H](CC(=O)N2[C@@H]1c1ccccc1)C[C@@H](C)[C@H]3c1ccccc1. The molecule has 30 heavy (non-hydrogen) atoms. The van der Waals surface area contributed by atoms with E-state index in [2.05, 4.69) is 47.9 Å². The zero-order valence-corrected chi connectivity index (χ0v) is 17.8. The number of carbonyl (C=O) groups is 2. The van der Waals surface area contributed by atoms with E-state index in [-0.39, 0.29) is 36.0 Å². The Morgan fingerprint density at radius 2 is 1.00 bits per heavy atom. The van der Waals surface area contributed by atoms with Gasteiger partial charge in [0.25, 0.3) is 0 Å². The van der Waals surface area contributed by atoms with Crippen LogP contribution in [0.4, 0.5) is 0 Å². The predicted octanol–water partition coefficient (Wildman–Crippen LogP) is 4.74. The van der Waals surface area contributed by atoms with E-state index >= 15 is 0 Å². The van der Waals surface area contributed by atoms with Crippen molar-refractivity contribution in [2.75, 3.05) is 0 Å². The molecule has 0 N–H and O–H groups in total. The lowest BCUT2D eigenvalue weighted by atomic mass is 9.93. The number of amides is 2. The molecule has 3 heterocycles. The van der Waals surface area contributed by atoms with Gasteiger partial charge in [-0.25, -0.2) is 0 Å². The largest absolute Gasteiger partial charge is 0.332 e. The highest BCUT2D eigenvalue weighted by molar-refractivity contribution is 5.84. The standard InChI is InChI=1S/C26H30N2O2/c1-17-13-21-15-24(30)28-22(14-18(2)26(28)20-11-7-4-8-12-20)16-23(29)27(21)25(17)19-9-5-3-6-10-19/h3-12,17-18,21-22,25-26H,13-16H2,1-2H3/t17-,18-,21+,22+,25+,26+/m1/s1. The molecular weight excluding hydrogens is 372 g/mol. The maximum atomic E-state index is 13.6. The molecule has 0 unspecified atom stereocenters. The van der Waals surface area contributed by atoms with Gasteiger partial charge in [-0.3, -0.25) is 9.59 Å². The smallest absolute Gasteiger partial charge is 0.225 e. The van der Waals surface area contributed by atoms with Crippen molar-refractivity contribution < 1.29 is 9.59 Å². The third-order valence-electron chi connectivity index (χ3n) is 7.43. The molecule has 2 aromatic rings. The summed E-state index contributed by atoms with van der Waals surface area (Å²) in [5.41, 5.74) is 2.38. The molecule has 2 amide bonds. The lowest BCUT2D eigenvalue weighted by Crippen LogP contribution is -2.49. The Morgan fingerprint density at radius 1 is 0.633 bits per heavy atom. The molecule has 3 aliphatic heterocycles. The van der Waals surface area contributed by atoms with Crippen molar-refractivity contribution in [3.8, 4) is 0 Å². The molecule has 3 saturated heterocycles. The summed E-state index contributed by atoms with van der Waals surface area (Å²) >= 11 is 0. The first kappa shape index (κ1) is 19.3. The monoisotopic (exact) mass is 402 g/mol. The van der Waals surface area contributed by atoms with Crippen molar-refractivity contribution in [3.05, 3.63) is 71.8 Å². The third-order valence-corrected chi connectivity index (χ3v) is 7.43. The predicted molar refractivity (Wildman–Crippen MR) is 116 cm³/mol. The number of nitrogens with zero attached hydrogens (tertiary/aromatic N) is 2. The molecule has 3 fully saturated rings. The van der Waals surface area contributed by atoms with Crippen LogP contribution >= 0.6 is 0 Å². The Balaban J connectivity index is 1.48.